The number of hydrogen-bond donors (Lipinski definition) is 1. The fraction of sp³-hybridized carbons (Fsp3) is 0.424. The van der Waals surface area contributed by atoms with Crippen molar-refractivity contribution in [3.63, 3.8) is 0 Å². The van der Waals surface area contributed by atoms with E-state index in [0.717, 1.165) is 47.8 Å². The van der Waals surface area contributed by atoms with Crippen LogP contribution in [0.25, 0.3) is 11.1 Å². The van der Waals surface area contributed by atoms with Crippen LogP contribution >= 0.6 is 0 Å². The summed E-state index contributed by atoms with van der Waals surface area (Å²) in [6, 6.07) is 26.6. The number of carbonyl (C=O) groups excluding carboxylic acids is 1. The first-order chi connectivity index (χ1) is 17.9. The van der Waals surface area contributed by atoms with Crippen molar-refractivity contribution in [2.24, 2.45) is 11.8 Å². The second-order valence-corrected chi connectivity index (χ2v) is 11.9. The van der Waals surface area contributed by atoms with E-state index in [1.165, 1.54) is 18.4 Å². The topological polar surface area (TPSA) is 46.5 Å². The van der Waals surface area contributed by atoms with Crippen LogP contribution in [0.4, 0.5) is 0 Å². The number of nitrogens with zero attached hydrogens (tertiary/aromatic N) is 1. The molecule has 2 unspecified atom stereocenters. The number of fused-ring (bicyclic) bond motifs is 5. The molecular formula is C33H38NO3+. The fourth-order valence-corrected chi connectivity index (χ4v) is 7.52. The molecule has 3 aliphatic carbocycles. The van der Waals surface area contributed by atoms with Gasteiger partial charge in [0.1, 0.15) is 6.10 Å². The Bertz CT molecular complexity index is 1240. The highest BCUT2D eigenvalue weighted by Gasteiger charge is 2.58. The summed E-state index contributed by atoms with van der Waals surface area (Å²) in [5.41, 5.74) is 2.77. The van der Waals surface area contributed by atoms with Gasteiger partial charge in [-0.25, -0.2) is 4.79 Å². The smallest absolute Gasteiger partial charge is 0.348 e. The lowest BCUT2D eigenvalue weighted by molar-refractivity contribution is -0.918. The minimum absolute atomic E-state index is 0.108. The van der Waals surface area contributed by atoms with Crippen LogP contribution in [-0.2, 0) is 21.6 Å². The quantitative estimate of drug-likeness (QED) is 0.247. The van der Waals surface area contributed by atoms with Crippen molar-refractivity contribution < 1.29 is 19.1 Å². The summed E-state index contributed by atoms with van der Waals surface area (Å²) in [6.07, 6.45) is 6.70. The molecule has 3 aromatic rings. The van der Waals surface area contributed by atoms with E-state index in [0.29, 0.717) is 29.0 Å². The lowest BCUT2D eigenvalue weighted by Gasteiger charge is -2.40. The second-order valence-electron chi connectivity index (χ2n) is 11.9. The van der Waals surface area contributed by atoms with Crippen LogP contribution in [0.5, 0.6) is 0 Å². The fourth-order valence-electron chi connectivity index (χ4n) is 7.52. The molecule has 0 aromatic heterocycles. The van der Waals surface area contributed by atoms with Gasteiger partial charge in [-0.15, -0.1) is 0 Å². The number of ether oxygens (including phenoxy) is 1. The molecule has 4 heteroatoms. The lowest BCUT2D eigenvalue weighted by atomic mass is 9.91. The molecule has 3 aliphatic rings. The maximum atomic E-state index is 13.8. The minimum Gasteiger partial charge on any atom is -0.459 e. The highest BCUT2D eigenvalue weighted by atomic mass is 16.6. The molecule has 2 fully saturated rings. The second kappa shape index (κ2) is 9.41. The van der Waals surface area contributed by atoms with Gasteiger partial charge in [-0.3, -0.25) is 0 Å². The maximum absolute atomic E-state index is 13.8. The number of rotatable bonds is 8. The average Bonchev–Trinajstić information content (AvgIpc) is 3.56. The van der Waals surface area contributed by atoms with E-state index in [9.17, 15) is 9.90 Å². The van der Waals surface area contributed by atoms with Crippen LogP contribution in [0.1, 0.15) is 48.8 Å². The van der Waals surface area contributed by atoms with Crippen molar-refractivity contribution in [1.29, 1.82) is 0 Å². The number of unbranched alkanes of at least 4 members (excludes halogenated alkanes) is 1. The zero-order valence-corrected chi connectivity index (χ0v) is 22.0. The van der Waals surface area contributed by atoms with E-state index >= 15 is 0 Å². The predicted molar refractivity (Wildman–Crippen MR) is 146 cm³/mol. The normalized spacial score (nSPS) is 25.1. The third-order valence-corrected chi connectivity index (χ3v) is 9.45. The Kier molecular flexibility index (Phi) is 6.21. The van der Waals surface area contributed by atoms with Crippen molar-refractivity contribution in [3.8, 4) is 11.1 Å². The molecule has 0 amide bonds. The zero-order valence-electron chi connectivity index (χ0n) is 22.0. The van der Waals surface area contributed by atoms with Crippen LogP contribution in [0.15, 0.2) is 78.9 Å². The zero-order chi connectivity index (χ0) is 25.6. The number of esters is 1. The average molecular weight is 497 g/mol. The molecule has 0 aliphatic heterocycles. The van der Waals surface area contributed by atoms with Gasteiger partial charge >= 0.3 is 5.97 Å². The van der Waals surface area contributed by atoms with Crippen LogP contribution in [0.2, 0.25) is 0 Å². The number of carbonyl (C=O) groups is 1. The van der Waals surface area contributed by atoms with Crippen LogP contribution in [-0.4, -0.2) is 48.3 Å². The van der Waals surface area contributed by atoms with Gasteiger partial charge in [0.15, 0.2) is 0 Å². The number of quaternary nitrogens is 1. The highest BCUT2D eigenvalue weighted by Crippen LogP contribution is 2.52. The van der Waals surface area contributed by atoms with Gasteiger partial charge in [0, 0.05) is 29.4 Å². The van der Waals surface area contributed by atoms with Gasteiger partial charge in [-0.05, 0) is 48.8 Å². The molecule has 4 atom stereocenters. The van der Waals surface area contributed by atoms with Crippen LogP contribution < -0.4 is 0 Å². The molecule has 0 radical (unpaired) electrons. The monoisotopic (exact) mass is 496 g/mol. The molecule has 0 saturated heterocycles. The van der Waals surface area contributed by atoms with Crippen LogP contribution in [0.3, 0.4) is 0 Å². The summed E-state index contributed by atoms with van der Waals surface area (Å²) >= 11 is 0. The Balaban J connectivity index is 1.15. The Morgan fingerprint density at radius 2 is 1.51 bits per heavy atom. The van der Waals surface area contributed by atoms with Gasteiger partial charge in [0.2, 0.25) is 5.60 Å². The van der Waals surface area contributed by atoms with Gasteiger partial charge in [0.25, 0.3) is 0 Å². The first-order valence-corrected chi connectivity index (χ1v) is 13.9. The largest absolute Gasteiger partial charge is 0.459 e. The molecule has 0 spiro atoms. The summed E-state index contributed by atoms with van der Waals surface area (Å²) in [4.78, 5) is 13.8. The van der Waals surface area contributed by atoms with Crippen molar-refractivity contribution in [1.82, 2.24) is 0 Å². The first-order valence-electron chi connectivity index (χ1n) is 13.9. The van der Waals surface area contributed by atoms with Crippen molar-refractivity contribution in [3.05, 3.63) is 95.6 Å². The Labute approximate surface area is 220 Å². The molecule has 37 heavy (non-hydrogen) atoms. The number of hydrogen-bond acceptors (Lipinski definition) is 3. The first kappa shape index (κ1) is 24.4. The molecule has 2 bridgehead atoms. The molecule has 192 valence electrons. The minimum atomic E-state index is -1.74. The van der Waals surface area contributed by atoms with E-state index in [1.807, 2.05) is 48.5 Å². The van der Waals surface area contributed by atoms with Gasteiger partial charge < -0.3 is 14.3 Å². The maximum Gasteiger partial charge on any atom is 0.348 e. The molecule has 2 saturated carbocycles. The SMILES string of the molecule is C[N+](C)(CCCCc1ccccc1)[C@H]1CC2CC[C@@H]1C2OC(=O)C1(O)c2ccccc2-c2ccccc21. The number of benzene rings is 3. The van der Waals surface area contributed by atoms with E-state index in [1.54, 1.807) is 0 Å². The third-order valence-electron chi connectivity index (χ3n) is 9.45. The Hall–Kier alpha value is -2.95. The summed E-state index contributed by atoms with van der Waals surface area (Å²) in [7, 11) is 4.70. The standard InChI is InChI=1S/C33H38NO3/c1-34(2,21-11-10-14-23-12-4-3-5-13-23)30-22-24-19-20-27(30)31(24)37-32(35)33(36)28-17-8-6-15-25(28)26-16-7-9-18-29(26)33/h3-9,12-13,15-18,24,27,30-31,36H,10-11,14,19-22H2,1-2H3/q+1/t24?,27-,30-,31?/m0/s1. The molecule has 4 nitrogen and oxygen atoms in total. The summed E-state index contributed by atoms with van der Waals surface area (Å²) in [5.74, 6) is 0.227. The highest BCUT2D eigenvalue weighted by molar-refractivity contribution is 5.96. The summed E-state index contributed by atoms with van der Waals surface area (Å²) in [6.45, 7) is 1.13. The van der Waals surface area contributed by atoms with Crippen molar-refractivity contribution >= 4 is 5.97 Å². The van der Waals surface area contributed by atoms with E-state index in [-0.39, 0.29) is 6.10 Å². The molecule has 1 N–H and O–H groups in total. The van der Waals surface area contributed by atoms with E-state index in [2.05, 4.69) is 44.4 Å². The molecule has 0 heterocycles. The van der Waals surface area contributed by atoms with Crippen molar-refractivity contribution in [2.45, 2.75) is 56.3 Å². The summed E-state index contributed by atoms with van der Waals surface area (Å²) in [5, 5.41) is 11.9. The Morgan fingerprint density at radius 1 is 0.892 bits per heavy atom. The Morgan fingerprint density at radius 3 is 2.19 bits per heavy atom. The van der Waals surface area contributed by atoms with Crippen molar-refractivity contribution in [2.75, 3.05) is 20.6 Å². The molecular weight excluding hydrogens is 458 g/mol. The lowest BCUT2D eigenvalue weighted by Crippen LogP contribution is -2.52. The number of aryl methyl sites for hydroxylation is 1. The molecule has 6 rings (SSSR count). The van der Waals surface area contributed by atoms with Crippen LogP contribution in [0, 0.1) is 11.8 Å². The van der Waals surface area contributed by atoms with E-state index < -0.39 is 11.6 Å². The predicted octanol–water partition coefficient (Wildman–Crippen LogP) is 5.71. The van der Waals surface area contributed by atoms with Gasteiger partial charge in [0.05, 0.1) is 26.7 Å². The van der Waals surface area contributed by atoms with E-state index in [4.69, 9.17) is 4.74 Å². The van der Waals surface area contributed by atoms with Gasteiger partial charge in [-0.2, -0.15) is 0 Å². The number of aliphatic hydroxyl groups is 1. The summed E-state index contributed by atoms with van der Waals surface area (Å²) < 4.78 is 7.28. The van der Waals surface area contributed by atoms with Gasteiger partial charge in [-0.1, -0.05) is 78.9 Å². The molecule has 3 aromatic carbocycles. The third kappa shape index (κ3) is 4.11.